The second-order valence-electron chi connectivity index (χ2n) is 6.76. The number of aryl methyl sites for hydroxylation is 1. The minimum atomic E-state index is -0.624. The summed E-state index contributed by atoms with van der Waals surface area (Å²) in [5, 5.41) is 5.83. The van der Waals surface area contributed by atoms with Gasteiger partial charge in [-0.05, 0) is 60.8 Å². The van der Waals surface area contributed by atoms with E-state index in [0.717, 1.165) is 17.5 Å². The summed E-state index contributed by atoms with van der Waals surface area (Å²) in [6.07, 6.45) is 0. The Bertz CT molecular complexity index is 1190. The molecule has 0 aliphatic carbocycles. The molecule has 0 spiro atoms. The normalized spacial score (nSPS) is 10.3. The number of anilines is 2. The van der Waals surface area contributed by atoms with Crippen molar-refractivity contribution in [2.45, 2.75) is 11.8 Å². The van der Waals surface area contributed by atoms with Crippen LogP contribution < -0.4 is 24.8 Å². The van der Waals surface area contributed by atoms with E-state index in [9.17, 15) is 14.0 Å². The first-order chi connectivity index (χ1) is 15.8. The van der Waals surface area contributed by atoms with Crippen LogP contribution in [0.1, 0.15) is 15.9 Å². The fraction of sp³-hybridized carbons (Fsp3) is 0.130. The number of amides is 3. The van der Waals surface area contributed by atoms with Gasteiger partial charge in [0.25, 0.3) is 5.91 Å². The smallest absolute Gasteiger partial charge is 0.329 e. The first kappa shape index (κ1) is 24.2. The number of methoxy groups -OCH3 is 2. The first-order valence-corrected chi connectivity index (χ1v) is 10.8. The fourth-order valence-electron chi connectivity index (χ4n) is 2.84. The first-order valence-electron chi connectivity index (χ1n) is 9.64. The van der Waals surface area contributed by atoms with Gasteiger partial charge in [-0.1, -0.05) is 23.7 Å². The predicted octanol–water partition coefficient (Wildman–Crippen LogP) is 5.89. The third-order valence-corrected chi connectivity index (χ3v) is 5.76. The molecule has 172 valence electrons. The maximum absolute atomic E-state index is 13.8. The number of halogens is 2. The molecule has 0 saturated heterocycles. The van der Waals surface area contributed by atoms with Crippen LogP contribution in [0.25, 0.3) is 0 Å². The van der Waals surface area contributed by atoms with E-state index in [1.807, 2.05) is 6.92 Å². The third-order valence-electron chi connectivity index (χ3n) is 4.52. The number of rotatable bonds is 7. The van der Waals surface area contributed by atoms with Crippen molar-refractivity contribution in [3.63, 3.8) is 0 Å². The van der Waals surface area contributed by atoms with Crippen LogP contribution in [0.4, 0.5) is 20.6 Å². The Hall–Kier alpha value is -3.43. The van der Waals surface area contributed by atoms with Crippen molar-refractivity contribution in [1.82, 2.24) is 4.72 Å². The minimum absolute atomic E-state index is 0.0818. The second-order valence-corrected chi connectivity index (χ2v) is 8.01. The molecule has 3 rings (SSSR count). The molecule has 3 amide bonds. The van der Waals surface area contributed by atoms with Crippen molar-refractivity contribution in [2.75, 3.05) is 24.9 Å². The maximum atomic E-state index is 13.8. The predicted molar refractivity (Wildman–Crippen MR) is 128 cm³/mol. The lowest BCUT2D eigenvalue weighted by atomic mass is 10.2. The zero-order valence-corrected chi connectivity index (χ0v) is 19.6. The van der Waals surface area contributed by atoms with Crippen molar-refractivity contribution < 1.29 is 23.5 Å². The van der Waals surface area contributed by atoms with E-state index in [2.05, 4.69) is 15.4 Å². The number of carbonyl (C=O) groups excluding carboxylic acids is 2. The molecule has 7 nitrogen and oxygen atoms in total. The third kappa shape index (κ3) is 6.09. The number of ether oxygens (including phenoxy) is 2. The van der Waals surface area contributed by atoms with Crippen molar-refractivity contribution in [2.24, 2.45) is 0 Å². The van der Waals surface area contributed by atoms with E-state index in [1.54, 1.807) is 30.3 Å². The van der Waals surface area contributed by atoms with E-state index < -0.39 is 17.8 Å². The lowest BCUT2D eigenvalue weighted by molar-refractivity contribution is 0.102. The number of urea groups is 1. The van der Waals surface area contributed by atoms with Crippen LogP contribution in [-0.2, 0) is 0 Å². The number of carbonyl (C=O) groups is 2. The van der Waals surface area contributed by atoms with E-state index in [-0.39, 0.29) is 5.56 Å². The van der Waals surface area contributed by atoms with Crippen LogP contribution in [0, 0.1) is 12.7 Å². The van der Waals surface area contributed by atoms with E-state index in [0.29, 0.717) is 32.8 Å². The van der Waals surface area contributed by atoms with E-state index >= 15 is 0 Å². The van der Waals surface area contributed by atoms with Crippen LogP contribution in [0.15, 0.2) is 59.5 Å². The average Bonchev–Trinajstić information content (AvgIpc) is 2.80. The lowest BCUT2D eigenvalue weighted by Crippen LogP contribution is -2.23. The number of nitrogens with one attached hydrogen (secondary N) is 3. The van der Waals surface area contributed by atoms with Gasteiger partial charge in [-0.25, -0.2) is 9.18 Å². The standard InChI is InChI=1S/C23H21ClFN3O4S/c1-13-10-20(32-3)21(12-16(13)24)33-28-23(30)27-18-9-8-14(11-19(18)31-2)26-22(29)15-6-4-5-7-17(15)25/h4-12H,1-3H3,(H,26,29)(H2,27,28,30). The van der Waals surface area contributed by atoms with Crippen molar-refractivity contribution in [1.29, 1.82) is 0 Å². The zero-order chi connectivity index (χ0) is 24.0. The van der Waals surface area contributed by atoms with Crippen molar-refractivity contribution >= 4 is 46.9 Å². The van der Waals surface area contributed by atoms with Crippen LogP contribution in [0.5, 0.6) is 11.5 Å². The SMILES string of the molecule is COc1cc(NC(=O)c2ccccc2F)ccc1NC(=O)NSc1cc(Cl)c(C)cc1OC. The molecule has 0 unspecified atom stereocenters. The van der Waals surface area contributed by atoms with Gasteiger partial charge in [0.15, 0.2) is 0 Å². The molecule has 0 aliphatic heterocycles. The Kier molecular flexibility index (Phi) is 8.02. The lowest BCUT2D eigenvalue weighted by Gasteiger charge is -2.14. The molecule has 10 heteroatoms. The van der Waals surface area contributed by atoms with Gasteiger partial charge in [0.1, 0.15) is 17.3 Å². The maximum Gasteiger partial charge on any atom is 0.329 e. The van der Waals surface area contributed by atoms with E-state index in [1.165, 1.54) is 38.5 Å². The highest BCUT2D eigenvalue weighted by atomic mass is 35.5. The number of hydrogen-bond donors (Lipinski definition) is 3. The number of hydrogen-bond acceptors (Lipinski definition) is 5. The summed E-state index contributed by atoms with van der Waals surface area (Å²) in [6.45, 7) is 1.86. The Morgan fingerprint density at radius 2 is 1.70 bits per heavy atom. The second kappa shape index (κ2) is 10.9. The molecule has 0 heterocycles. The highest BCUT2D eigenvalue weighted by Gasteiger charge is 2.14. The molecule has 0 aliphatic rings. The van der Waals surface area contributed by atoms with Crippen molar-refractivity contribution in [3.05, 3.63) is 76.6 Å². The van der Waals surface area contributed by atoms with Crippen LogP contribution in [0.3, 0.4) is 0 Å². The van der Waals surface area contributed by atoms with Gasteiger partial charge in [-0.2, -0.15) is 0 Å². The Morgan fingerprint density at radius 3 is 2.39 bits per heavy atom. The van der Waals surface area contributed by atoms with Crippen LogP contribution >= 0.6 is 23.5 Å². The van der Waals surface area contributed by atoms with Gasteiger partial charge in [-0.15, -0.1) is 0 Å². The largest absolute Gasteiger partial charge is 0.496 e. The molecule has 3 aromatic rings. The van der Waals surface area contributed by atoms with E-state index in [4.69, 9.17) is 21.1 Å². The molecule has 0 atom stereocenters. The summed E-state index contributed by atoms with van der Waals surface area (Å²) < 4.78 is 27.1. The Labute approximate surface area is 199 Å². The highest BCUT2D eigenvalue weighted by Crippen LogP contribution is 2.33. The fourth-order valence-corrected chi connectivity index (χ4v) is 3.74. The molecule has 0 fully saturated rings. The summed E-state index contributed by atoms with van der Waals surface area (Å²) in [5.74, 6) is -0.344. The topological polar surface area (TPSA) is 88.7 Å². The highest BCUT2D eigenvalue weighted by molar-refractivity contribution is 7.98. The van der Waals surface area contributed by atoms with Gasteiger partial charge in [0.05, 0.1) is 30.4 Å². The molecular formula is C23H21ClFN3O4S. The number of benzene rings is 3. The molecular weight excluding hydrogens is 469 g/mol. The quantitative estimate of drug-likeness (QED) is 0.360. The van der Waals surface area contributed by atoms with Gasteiger partial charge < -0.3 is 20.1 Å². The summed E-state index contributed by atoms with van der Waals surface area (Å²) in [4.78, 5) is 25.4. The van der Waals surface area contributed by atoms with Gasteiger partial charge in [-0.3, -0.25) is 9.52 Å². The van der Waals surface area contributed by atoms with Gasteiger partial charge >= 0.3 is 6.03 Å². The molecule has 3 aromatic carbocycles. The van der Waals surface area contributed by atoms with Crippen molar-refractivity contribution in [3.8, 4) is 11.5 Å². The molecule has 33 heavy (non-hydrogen) atoms. The Morgan fingerprint density at radius 1 is 0.970 bits per heavy atom. The van der Waals surface area contributed by atoms with Crippen LogP contribution in [-0.4, -0.2) is 26.2 Å². The summed E-state index contributed by atoms with van der Waals surface area (Å²) in [5.41, 5.74) is 1.52. The van der Waals surface area contributed by atoms with Gasteiger partial charge in [0.2, 0.25) is 0 Å². The Balaban J connectivity index is 1.66. The monoisotopic (exact) mass is 489 g/mol. The molecule has 0 saturated carbocycles. The summed E-state index contributed by atoms with van der Waals surface area (Å²) in [6, 6.07) is 13.3. The molecule has 0 bridgehead atoms. The minimum Gasteiger partial charge on any atom is -0.496 e. The molecule has 3 N–H and O–H groups in total. The zero-order valence-electron chi connectivity index (χ0n) is 18.0. The molecule has 0 aromatic heterocycles. The summed E-state index contributed by atoms with van der Waals surface area (Å²) in [7, 11) is 2.96. The van der Waals surface area contributed by atoms with Gasteiger partial charge in [0, 0.05) is 16.8 Å². The summed E-state index contributed by atoms with van der Waals surface area (Å²) >= 11 is 7.20. The molecule has 0 radical (unpaired) electrons. The average molecular weight is 490 g/mol. The van der Waals surface area contributed by atoms with Crippen LogP contribution in [0.2, 0.25) is 5.02 Å².